The molecular formula is C24H15BrClN3O4S2. The minimum absolute atomic E-state index is 0.0714. The van der Waals surface area contributed by atoms with E-state index in [1.807, 2.05) is 24.3 Å². The zero-order valence-corrected chi connectivity index (χ0v) is 21.7. The van der Waals surface area contributed by atoms with E-state index in [4.69, 9.17) is 16.0 Å². The van der Waals surface area contributed by atoms with Crippen LogP contribution in [0.2, 0.25) is 5.02 Å². The van der Waals surface area contributed by atoms with Crippen LogP contribution in [0.4, 0.5) is 5.13 Å². The third-order valence-corrected chi connectivity index (χ3v) is 8.16. The van der Waals surface area contributed by atoms with Crippen LogP contribution in [0.5, 0.6) is 0 Å². The average molecular weight is 589 g/mol. The Balaban J connectivity index is 1.49. The van der Waals surface area contributed by atoms with Gasteiger partial charge in [0, 0.05) is 20.8 Å². The van der Waals surface area contributed by atoms with Crippen LogP contribution in [0.3, 0.4) is 0 Å². The summed E-state index contributed by atoms with van der Waals surface area (Å²) >= 11 is 11.9. The van der Waals surface area contributed by atoms with E-state index in [1.54, 1.807) is 36.4 Å². The highest BCUT2D eigenvalue weighted by Gasteiger charge is 2.49. The van der Waals surface area contributed by atoms with Crippen molar-refractivity contribution in [3.63, 3.8) is 0 Å². The third kappa shape index (κ3) is 4.79. The zero-order valence-electron chi connectivity index (χ0n) is 17.7. The van der Waals surface area contributed by atoms with Crippen molar-refractivity contribution in [3.05, 3.63) is 98.9 Å². The van der Waals surface area contributed by atoms with Gasteiger partial charge in [0.25, 0.3) is 5.78 Å². The number of nitrogens with zero attached hydrogens (tertiary/aromatic N) is 3. The number of aliphatic hydroxyl groups excluding tert-OH is 1. The molecule has 1 unspecified atom stereocenters. The SMILES string of the molecule is O=C1C(=O)N(c2nnc(SCc3ccc(Cl)cc3)s2)C(c2ccco2)/C1=C(/O)c1ccc(Br)cc1. The first-order valence-electron chi connectivity index (χ1n) is 10.2. The molecule has 3 heterocycles. The molecule has 7 nitrogen and oxygen atoms in total. The van der Waals surface area contributed by atoms with E-state index in [0.29, 0.717) is 26.4 Å². The first-order valence-corrected chi connectivity index (χ1v) is 13.2. The van der Waals surface area contributed by atoms with Crippen molar-refractivity contribution in [2.45, 2.75) is 16.1 Å². The fraction of sp³-hybridized carbons (Fsp3) is 0.0833. The number of benzene rings is 2. The van der Waals surface area contributed by atoms with Gasteiger partial charge in [-0.3, -0.25) is 14.5 Å². The van der Waals surface area contributed by atoms with Gasteiger partial charge in [-0.1, -0.05) is 74.9 Å². The van der Waals surface area contributed by atoms with E-state index in [0.717, 1.165) is 10.0 Å². The smallest absolute Gasteiger partial charge is 0.302 e. The van der Waals surface area contributed by atoms with Crippen molar-refractivity contribution >= 4 is 73.2 Å². The second-order valence-electron chi connectivity index (χ2n) is 7.46. The number of ketones is 1. The maximum Gasteiger partial charge on any atom is 0.302 e. The van der Waals surface area contributed by atoms with E-state index < -0.39 is 17.7 Å². The minimum atomic E-state index is -0.976. The molecule has 0 saturated carbocycles. The highest BCUT2D eigenvalue weighted by molar-refractivity contribution is 9.10. The average Bonchev–Trinajstić information content (AvgIpc) is 3.60. The fourth-order valence-electron chi connectivity index (χ4n) is 3.59. The van der Waals surface area contributed by atoms with Crippen LogP contribution < -0.4 is 4.90 Å². The van der Waals surface area contributed by atoms with Gasteiger partial charge in [-0.05, 0) is 42.0 Å². The van der Waals surface area contributed by atoms with Gasteiger partial charge in [0.15, 0.2) is 4.34 Å². The van der Waals surface area contributed by atoms with Gasteiger partial charge in [0.1, 0.15) is 17.6 Å². The summed E-state index contributed by atoms with van der Waals surface area (Å²) < 4.78 is 7.01. The van der Waals surface area contributed by atoms with Gasteiger partial charge >= 0.3 is 5.91 Å². The highest BCUT2D eigenvalue weighted by Crippen LogP contribution is 2.44. The number of hydrogen-bond acceptors (Lipinski definition) is 8. The predicted octanol–water partition coefficient (Wildman–Crippen LogP) is 6.47. The lowest BCUT2D eigenvalue weighted by atomic mass is 9.99. The van der Waals surface area contributed by atoms with E-state index >= 15 is 0 Å². The van der Waals surface area contributed by atoms with E-state index in [9.17, 15) is 14.7 Å². The second-order valence-corrected chi connectivity index (χ2v) is 11.0. The Morgan fingerprint density at radius 3 is 2.54 bits per heavy atom. The maximum atomic E-state index is 13.1. The van der Waals surface area contributed by atoms with Crippen LogP contribution in [0, 0.1) is 0 Å². The number of carbonyl (C=O) groups is 2. The highest BCUT2D eigenvalue weighted by atomic mass is 79.9. The lowest BCUT2D eigenvalue weighted by Crippen LogP contribution is -2.29. The van der Waals surface area contributed by atoms with Crippen molar-refractivity contribution < 1.29 is 19.1 Å². The van der Waals surface area contributed by atoms with Crippen molar-refractivity contribution in [3.8, 4) is 0 Å². The Labute approximate surface area is 221 Å². The Hall–Kier alpha value is -2.92. The largest absolute Gasteiger partial charge is 0.507 e. The van der Waals surface area contributed by atoms with Gasteiger partial charge < -0.3 is 9.52 Å². The molecule has 1 fully saturated rings. The molecule has 1 aliphatic heterocycles. The minimum Gasteiger partial charge on any atom is -0.507 e. The van der Waals surface area contributed by atoms with Gasteiger partial charge in [-0.25, -0.2) is 0 Å². The molecule has 0 spiro atoms. The monoisotopic (exact) mass is 587 g/mol. The van der Waals surface area contributed by atoms with Crippen LogP contribution >= 0.6 is 50.6 Å². The third-order valence-electron chi connectivity index (χ3n) is 5.25. The number of furan rings is 1. The summed E-state index contributed by atoms with van der Waals surface area (Å²) in [7, 11) is 0. The van der Waals surface area contributed by atoms with Crippen molar-refractivity contribution in [2.24, 2.45) is 0 Å². The standard InChI is InChI=1S/C24H15BrClN3O4S2/c25-15-7-5-14(6-8-15)20(30)18-19(17-2-1-11-33-17)29(22(32)21(18)31)23-27-28-24(35-23)34-12-13-3-9-16(26)10-4-13/h1-11,19,30H,12H2/b20-18-. The number of Topliss-reactive ketones (excluding diaryl/α,β-unsaturated/α-hetero) is 1. The van der Waals surface area contributed by atoms with E-state index in [-0.39, 0.29) is 16.5 Å². The number of anilines is 1. The summed E-state index contributed by atoms with van der Waals surface area (Å²) in [5.74, 6) is -0.960. The molecule has 11 heteroatoms. The summed E-state index contributed by atoms with van der Waals surface area (Å²) in [5.41, 5.74) is 1.39. The predicted molar refractivity (Wildman–Crippen MR) is 139 cm³/mol. The lowest BCUT2D eigenvalue weighted by molar-refractivity contribution is -0.132. The summed E-state index contributed by atoms with van der Waals surface area (Å²) in [4.78, 5) is 27.5. The topological polar surface area (TPSA) is 96.5 Å². The Morgan fingerprint density at radius 1 is 1.11 bits per heavy atom. The molecule has 2 aromatic heterocycles. The second kappa shape index (κ2) is 9.98. The van der Waals surface area contributed by atoms with Crippen molar-refractivity contribution in [1.29, 1.82) is 0 Å². The quantitative estimate of drug-likeness (QED) is 0.0907. The number of hydrogen-bond donors (Lipinski definition) is 1. The van der Waals surface area contributed by atoms with E-state index in [2.05, 4.69) is 26.1 Å². The summed E-state index contributed by atoms with van der Waals surface area (Å²) in [6, 6.07) is 16.6. The normalized spacial score (nSPS) is 17.3. The number of rotatable bonds is 6. The molecule has 0 radical (unpaired) electrons. The Kier molecular flexibility index (Phi) is 6.79. The van der Waals surface area contributed by atoms with Crippen molar-refractivity contribution in [1.82, 2.24) is 10.2 Å². The van der Waals surface area contributed by atoms with Crippen LogP contribution in [-0.2, 0) is 15.3 Å². The lowest BCUT2D eigenvalue weighted by Gasteiger charge is -2.20. The van der Waals surface area contributed by atoms with Gasteiger partial charge in [-0.15, -0.1) is 10.2 Å². The van der Waals surface area contributed by atoms with Crippen LogP contribution in [0.15, 0.2) is 85.7 Å². The van der Waals surface area contributed by atoms with Crippen LogP contribution in [0.25, 0.3) is 5.76 Å². The first kappa shape index (κ1) is 23.8. The number of amides is 1. The van der Waals surface area contributed by atoms with E-state index in [1.165, 1.54) is 34.3 Å². The van der Waals surface area contributed by atoms with Gasteiger partial charge in [0.2, 0.25) is 5.13 Å². The summed E-state index contributed by atoms with van der Waals surface area (Å²) in [6.07, 6.45) is 1.45. The number of thioether (sulfide) groups is 1. The van der Waals surface area contributed by atoms with Gasteiger partial charge in [-0.2, -0.15) is 0 Å². The first-order chi connectivity index (χ1) is 16.9. The molecule has 4 aromatic rings. The molecule has 5 rings (SSSR count). The van der Waals surface area contributed by atoms with Gasteiger partial charge in [0.05, 0.1) is 11.8 Å². The Morgan fingerprint density at radius 2 is 1.86 bits per heavy atom. The molecule has 1 aliphatic rings. The molecule has 35 heavy (non-hydrogen) atoms. The fourth-order valence-corrected chi connectivity index (χ4v) is 5.81. The molecule has 0 aliphatic carbocycles. The molecule has 1 N–H and O–H groups in total. The molecule has 0 bridgehead atoms. The zero-order chi connectivity index (χ0) is 24.5. The van der Waals surface area contributed by atoms with Crippen LogP contribution in [0.1, 0.15) is 22.9 Å². The molecule has 2 aromatic carbocycles. The number of aromatic nitrogens is 2. The molecule has 176 valence electrons. The summed E-state index contributed by atoms with van der Waals surface area (Å²) in [5, 5.41) is 20.3. The van der Waals surface area contributed by atoms with Crippen LogP contribution in [-0.4, -0.2) is 27.0 Å². The number of carbonyl (C=O) groups excluding carboxylic acids is 2. The molecular weight excluding hydrogens is 574 g/mol. The molecule has 1 amide bonds. The molecule has 1 atom stereocenters. The van der Waals surface area contributed by atoms with Crippen molar-refractivity contribution in [2.75, 3.05) is 4.90 Å². The number of halogens is 2. The summed E-state index contributed by atoms with van der Waals surface area (Å²) in [6.45, 7) is 0. The maximum absolute atomic E-state index is 13.1. The molecule has 1 saturated heterocycles. The Bertz CT molecular complexity index is 1420. The number of aliphatic hydroxyl groups is 1.